The van der Waals surface area contributed by atoms with Crippen molar-refractivity contribution in [2.75, 3.05) is 32.1 Å². The van der Waals surface area contributed by atoms with E-state index >= 15 is 0 Å². The molecule has 1 fully saturated rings. The normalized spacial score (nSPS) is 19.8. The van der Waals surface area contributed by atoms with Gasteiger partial charge in [-0.05, 0) is 32.4 Å². The number of nitrogens with one attached hydrogen (secondary N) is 1. The molecule has 2 aliphatic heterocycles. The summed E-state index contributed by atoms with van der Waals surface area (Å²) in [5.74, 6) is 0.773. The number of aryl methyl sites for hydroxylation is 1. The first-order valence-electron chi connectivity index (χ1n) is 11.1. The Morgan fingerprint density at radius 3 is 2.85 bits per heavy atom. The Hall–Kier alpha value is -3.82. The molecule has 5 heterocycles. The Bertz CT molecular complexity index is 1240. The Labute approximate surface area is 196 Å². The maximum absolute atomic E-state index is 14.4. The average molecular weight is 465 g/mol. The molecule has 2 aliphatic rings. The number of rotatable bonds is 4. The van der Waals surface area contributed by atoms with Crippen molar-refractivity contribution < 1.29 is 18.7 Å². The summed E-state index contributed by atoms with van der Waals surface area (Å²) in [6.07, 6.45) is 5.15. The highest BCUT2D eigenvalue weighted by molar-refractivity contribution is 5.84. The summed E-state index contributed by atoms with van der Waals surface area (Å²) in [4.78, 5) is 32.1. The van der Waals surface area contributed by atoms with E-state index in [4.69, 9.17) is 14.5 Å². The van der Waals surface area contributed by atoms with Gasteiger partial charge >= 0.3 is 0 Å². The van der Waals surface area contributed by atoms with Gasteiger partial charge in [-0.25, -0.2) is 24.3 Å². The van der Waals surface area contributed by atoms with Crippen molar-refractivity contribution in [1.29, 1.82) is 0 Å². The van der Waals surface area contributed by atoms with E-state index < -0.39 is 17.3 Å². The Morgan fingerprint density at radius 1 is 1.29 bits per heavy atom. The van der Waals surface area contributed by atoms with Crippen molar-refractivity contribution >= 4 is 11.7 Å². The number of amides is 1. The lowest BCUT2D eigenvalue weighted by Gasteiger charge is -2.36. The summed E-state index contributed by atoms with van der Waals surface area (Å²) in [6, 6.07) is 5.13. The largest absolute Gasteiger partial charge is 0.487 e. The third-order valence-corrected chi connectivity index (χ3v) is 6.44. The number of methoxy groups -OCH3 is 1. The first kappa shape index (κ1) is 22.0. The summed E-state index contributed by atoms with van der Waals surface area (Å²) in [7, 11) is 1.46. The van der Waals surface area contributed by atoms with E-state index in [1.165, 1.54) is 13.2 Å². The van der Waals surface area contributed by atoms with Crippen LogP contribution in [-0.4, -0.2) is 63.1 Å². The van der Waals surface area contributed by atoms with E-state index in [9.17, 15) is 9.18 Å². The molecule has 3 aromatic rings. The number of ether oxygens (including phenoxy) is 2. The lowest BCUT2D eigenvalue weighted by molar-refractivity contribution is -0.131. The zero-order valence-corrected chi connectivity index (χ0v) is 19.2. The second-order valence-electron chi connectivity index (χ2n) is 8.71. The van der Waals surface area contributed by atoms with E-state index in [1.807, 2.05) is 13.0 Å². The third kappa shape index (κ3) is 3.89. The number of fused-ring (bicyclic) bond motifs is 1. The smallest absolute Gasteiger partial charge is 0.230 e. The second-order valence-corrected chi connectivity index (χ2v) is 8.71. The highest BCUT2D eigenvalue weighted by atomic mass is 19.1. The van der Waals surface area contributed by atoms with Crippen molar-refractivity contribution in [2.24, 2.45) is 0 Å². The SMILES string of the molecule is COc1cc([C@@H](C)C(=O)N2CC[C@@]3(COc4cc(-c5ncccn5)c(C)nc4N3)C2)c(F)cn1. The molecule has 1 amide bonds. The summed E-state index contributed by atoms with van der Waals surface area (Å²) >= 11 is 0. The first-order chi connectivity index (χ1) is 16.4. The van der Waals surface area contributed by atoms with Crippen molar-refractivity contribution in [1.82, 2.24) is 24.8 Å². The zero-order chi connectivity index (χ0) is 23.9. The van der Waals surface area contributed by atoms with Gasteiger partial charge in [-0.2, -0.15) is 0 Å². The molecule has 0 aliphatic carbocycles. The molecule has 9 nitrogen and oxygen atoms in total. The predicted molar refractivity (Wildman–Crippen MR) is 122 cm³/mol. The minimum atomic E-state index is -0.669. The molecule has 0 unspecified atom stereocenters. The third-order valence-electron chi connectivity index (χ3n) is 6.44. The van der Waals surface area contributed by atoms with Crippen LogP contribution in [0.2, 0.25) is 0 Å². The molecule has 1 spiro atoms. The molecule has 5 rings (SSSR count). The topological polar surface area (TPSA) is 102 Å². The van der Waals surface area contributed by atoms with Crippen LogP contribution in [0.3, 0.4) is 0 Å². The number of aromatic nitrogens is 4. The van der Waals surface area contributed by atoms with Crippen LogP contribution >= 0.6 is 0 Å². The summed E-state index contributed by atoms with van der Waals surface area (Å²) in [6.45, 7) is 4.95. The van der Waals surface area contributed by atoms with Gasteiger partial charge in [-0.3, -0.25) is 4.79 Å². The second kappa shape index (κ2) is 8.51. The van der Waals surface area contributed by atoms with Gasteiger partial charge in [0.2, 0.25) is 11.8 Å². The predicted octanol–water partition coefficient (Wildman–Crippen LogP) is 2.97. The van der Waals surface area contributed by atoms with Gasteiger partial charge in [0, 0.05) is 42.7 Å². The molecule has 0 radical (unpaired) electrons. The number of hydrogen-bond acceptors (Lipinski definition) is 8. The van der Waals surface area contributed by atoms with E-state index in [2.05, 4.69) is 20.3 Å². The number of carbonyl (C=O) groups is 1. The maximum Gasteiger partial charge on any atom is 0.230 e. The van der Waals surface area contributed by atoms with E-state index in [0.29, 0.717) is 43.5 Å². The Balaban J connectivity index is 1.33. The standard InChI is InChI=1S/C24H25FN6O3/c1-14(16-10-20(33-3)28-11-18(16)25)23(32)31-8-5-24(12-31)13-34-19-9-17(15(2)29-22(19)30-24)21-26-6-4-7-27-21/h4,6-7,9-11,14H,5,8,12-13H2,1-3H3,(H,29,30)/t14-,24+/m1/s1. The van der Waals surface area contributed by atoms with Crippen LogP contribution in [0, 0.1) is 12.7 Å². The Morgan fingerprint density at radius 2 is 2.09 bits per heavy atom. The van der Waals surface area contributed by atoms with Crippen molar-refractivity contribution in [3.05, 3.63) is 53.9 Å². The van der Waals surface area contributed by atoms with Gasteiger partial charge in [0.25, 0.3) is 0 Å². The number of nitrogens with zero attached hydrogens (tertiary/aromatic N) is 5. The molecule has 176 valence electrons. The summed E-state index contributed by atoms with van der Waals surface area (Å²) in [5, 5.41) is 3.51. The van der Waals surface area contributed by atoms with Gasteiger partial charge in [-0.15, -0.1) is 0 Å². The van der Waals surface area contributed by atoms with Crippen molar-refractivity contribution in [3.8, 4) is 23.0 Å². The quantitative estimate of drug-likeness (QED) is 0.629. The van der Waals surface area contributed by atoms with Crippen LogP contribution in [0.5, 0.6) is 11.6 Å². The van der Waals surface area contributed by atoms with Gasteiger partial charge < -0.3 is 19.7 Å². The number of halogens is 1. The molecule has 2 atom stereocenters. The zero-order valence-electron chi connectivity index (χ0n) is 19.2. The lowest BCUT2D eigenvalue weighted by Crippen LogP contribution is -2.50. The van der Waals surface area contributed by atoms with Gasteiger partial charge in [0.05, 0.1) is 30.5 Å². The monoisotopic (exact) mass is 464 g/mol. The molecule has 10 heteroatoms. The van der Waals surface area contributed by atoms with Gasteiger partial charge in [-0.1, -0.05) is 0 Å². The Kier molecular flexibility index (Phi) is 5.51. The minimum Gasteiger partial charge on any atom is -0.487 e. The molecule has 3 aromatic heterocycles. The van der Waals surface area contributed by atoms with Crippen molar-refractivity contribution in [3.63, 3.8) is 0 Å². The van der Waals surface area contributed by atoms with Crippen LogP contribution in [-0.2, 0) is 4.79 Å². The van der Waals surface area contributed by atoms with E-state index in [0.717, 1.165) is 17.5 Å². The molecule has 34 heavy (non-hydrogen) atoms. The van der Waals surface area contributed by atoms with Crippen LogP contribution in [0.15, 0.2) is 36.8 Å². The fraction of sp³-hybridized carbons (Fsp3) is 0.375. The average Bonchev–Trinajstić information content (AvgIpc) is 3.26. The summed E-state index contributed by atoms with van der Waals surface area (Å²) < 4.78 is 25.6. The number of likely N-dealkylation sites (tertiary alicyclic amines) is 1. The maximum atomic E-state index is 14.4. The molecule has 1 saturated heterocycles. The molecular weight excluding hydrogens is 439 g/mol. The van der Waals surface area contributed by atoms with E-state index in [-0.39, 0.29) is 17.4 Å². The highest BCUT2D eigenvalue weighted by Crippen LogP contribution is 2.39. The molecule has 0 saturated carbocycles. The number of hydrogen-bond donors (Lipinski definition) is 1. The molecular formula is C24H25FN6O3. The van der Waals surface area contributed by atoms with Crippen molar-refractivity contribution in [2.45, 2.75) is 31.7 Å². The van der Waals surface area contributed by atoms with Gasteiger partial charge in [0.15, 0.2) is 17.4 Å². The summed E-state index contributed by atoms with van der Waals surface area (Å²) in [5.41, 5.74) is 1.40. The fourth-order valence-electron chi connectivity index (χ4n) is 4.52. The van der Waals surface area contributed by atoms with Gasteiger partial charge in [0.1, 0.15) is 12.4 Å². The number of carbonyl (C=O) groups excluding carboxylic acids is 1. The fourth-order valence-corrected chi connectivity index (χ4v) is 4.52. The first-order valence-corrected chi connectivity index (χ1v) is 11.1. The molecule has 1 N–H and O–H groups in total. The molecule has 0 aromatic carbocycles. The highest BCUT2D eigenvalue weighted by Gasteiger charge is 2.45. The van der Waals surface area contributed by atoms with Crippen LogP contribution in [0.4, 0.5) is 10.2 Å². The lowest BCUT2D eigenvalue weighted by atomic mass is 9.97. The number of anilines is 1. The van der Waals surface area contributed by atoms with E-state index in [1.54, 1.807) is 30.3 Å². The van der Waals surface area contributed by atoms with Crippen LogP contribution in [0.1, 0.15) is 30.5 Å². The van der Waals surface area contributed by atoms with Crippen LogP contribution < -0.4 is 14.8 Å². The van der Waals surface area contributed by atoms with Crippen LogP contribution in [0.25, 0.3) is 11.4 Å². The minimum absolute atomic E-state index is 0.155. The molecule has 0 bridgehead atoms. The number of pyridine rings is 2.